The number of methoxy groups -OCH3 is 1. The number of halogens is 1. The molecule has 2 rings (SSSR count). The zero-order valence-corrected chi connectivity index (χ0v) is 18.1. The Labute approximate surface area is 173 Å². The molecule has 26 heavy (non-hydrogen) atoms. The molecular formula is C19H31IN4O2. The third-order valence-corrected chi connectivity index (χ3v) is 4.12. The van der Waals surface area contributed by atoms with Gasteiger partial charge in [0.05, 0.1) is 6.54 Å². The van der Waals surface area contributed by atoms with E-state index in [0.717, 1.165) is 50.6 Å². The van der Waals surface area contributed by atoms with Crippen molar-refractivity contribution in [2.75, 3.05) is 33.4 Å². The van der Waals surface area contributed by atoms with Crippen LogP contribution in [0.5, 0.6) is 0 Å². The lowest BCUT2D eigenvalue weighted by molar-refractivity contribution is -0.128. The first-order valence-electron chi connectivity index (χ1n) is 9.09. The molecular weight excluding hydrogens is 443 g/mol. The number of amides is 1. The smallest absolute Gasteiger partial charge is 0.222 e. The zero-order valence-electron chi connectivity index (χ0n) is 15.8. The van der Waals surface area contributed by atoms with Gasteiger partial charge in [0, 0.05) is 46.3 Å². The third-order valence-electron chi connectivity index (χ3n) is 4.12. The van der Waals surface area contributed by atoms with Crippen LogP contribution in [0, 0.1) is 0 Å². The van der Waals surface area contributed by atoms with Crippen LogP contribution in [-0.4, -0.2) is 50.1 Å². The number of aliphatic imine (C=N–C) groups is 1. The molecule has 1 aromatic rings. The van der Waals surface area contributed by atoms with E-state index in [1.54, 1.807) is 7.11 Å². The maximum Gasteiger partial charge on any atom is 0.222 e. The lowest BCUT2D eigenvalue weighted by Crippen LogP contribution is -2.38. The van der Waals surface area contributed by atoms with E-state index < -0.39 is 0 Å². The molecule has 0 aromatic heterocycles. The summed E-state index contributed by atoms with van der Waals surface area (Å²) in [5.41, 5.74) is 2.32. The maximum atomic E-state index is 11.8. The van der Waals surface area contributed by atoms with Gasteiger partial charge in [-0.25, -0.2) is 4.99 Å². The standard InChI is InChI=1S/C19H30N4O2.HI/c1-3-20-19(21-10-6-12-25-2)22-14-16-7-4-8-17(13-16)15-23-11-5-9-18(23)24;/h4,7-8,13H,3,5-6,9-12,14-15H2,1-2H3,(H2,20,21,22);1H. The highest BCUT2D eigenvalue weighted by atomic mass is 127. The van der Waals surface area contributed by atoms with Crippen LogP contribution in [0.3, 0.4) is 0 Å². The van der Waals surface area contributed by atoms with Gasteiger partial charge in [-0.1, -0.05) is 24.3 Å². The lowest BCUT2D eigenvalue weighted by atomic mass is 10.1. The van der Waals surface area contributed by atoms with Gasteiger partial charge in [-0.2, -0.15) is 0 Å². The molecule has 1 fully saturated rings. The first-order chi connectivity index (χ1) is 12.2. The van der Waals surface area contributed by atoms with Crippen molar-refractivity contribution >= 4 is 35.8 Å². The normalized spacial score (nSPS) is 14.3. The van der Waals surface area contributed by atoms with Crippen LogP contribution in [0.1, 0.15) is 37.3 Å². The number of rotatable bonds is 9. The first kappa shape index (κ1) is 22.7. The van der Waals surface area contributed by atoms with E-state index in [2.05, 4.69) is 40.7 Å². The summed E-state index contributed by atoms with van der Waals surface area (Å²) in [5, 5.41) is 6.57. The fraction of sp³-hybridized carbons (Fsp3) is 0.579. The molecule has 0 aliphatic carbocycles. The largest absolute Gasteiger partial charge is 0.385 e. The van der Waals surface area contributed by atoms with Crippen LogP contribution < -0.4 is 10.6 Å². The van der Waals surface area contributed by atoms with Crippen molar-refractivity contribution < 1.29 is 9.53 Å². The van der Waals surface area contributed by atoms with E-state index in [4.69, 9.17) is 4.74 Å². The number of nitrogens with zero attached hydrogens (tertiary/aromatic N) is 2. The average molecular weight is 474 g/mol. The van der Waals surface area contributed by atoms with Crippen molar-refractivity contribution in [3.8, 4) is 0 Å². The highest BCUT2D eigenvalue weighted by Gasteiger charge is 2.19. The van der Waals surface area contributed by atoms with Gasteiger partial charge in [-0.05, 0) is 30.9 Å². The Morgan fingerprint density at radius 3 is 2.81 bits per heavy atom. The molecule has 1 amide bonds. The van der Waals surface area contributed by atoms with Gasteiger partial charge in [0.25, 0.3) is 0 Å². The van der Waals surface area contributed by atoms with Gasteiger partial charge in [0.15, 0.2) is 5.96 Å². The molecule has 7 heteroatoms. The molecule has 2 N–H and O–H groups in total. The van der Waals surface area contributed by atoms with Gasteiger partial charge in [-0.15, -0.1) is 24.0 Å². The molecule has 1 heterocycles. The highest BCUT2D eigenvalue weighted by molar-refractivity contribution is 14.0. The molecule has 0 bridgehead atoms. The monoisotopic (exact) mass is 474 g/mol. The van der Waals surface area contributed by atoms with Crippen molar-refractivity contribution in [1.82, 2.24) is 15.5 Å². The summed E-state index contributed by atoms with van der Waals surface area (Å²) in [4.78, 5) is 18.4. The number of ether oxygens (including phenoxy) is 1. The minimum Gasteiger partial charge on any atom is -0.385 e. The summed E-state index contributed by atoms with van der Waals surface area (Å²) < 4.78 is 5.06. The zero-order chi connectivity index (χ0) is 17.9. The molecule has 146 valence electrons. The summed E-state index contributed by atoms with van der Waals surface area (Å²) in [7, 11) is 1.71. The Morgan fingerprint density at radius 2 is 2.12 bits per heavy atom. The molecule has 1 aliphatic rings. The van der Waals surface area contributed by atoms with Crippen molar-refractivity contribution in [2.45, 2.75) is 39.3 Å². The predicted octanol–water partition coefficient (Wildman–Crippen LogP) is 2.52. The Morgan fingerprint density at radius 1 is 1.31 bits per heavy atom. The summed E-state index contributed by atoms with van der Waals surface area (Å²) in [6, 6.07) is 8.34. The van der Waals surface area contributed by atoms with Gasteiger partial charge in [0.2, 0.25) is 5.91 Å². The minimum atomic E-state index is 0. The molecule has 1 aliphatic heterocycles. The number of likely N-dealkylation sites (tertiary alicyclic amines) is 1. The Balaban J connectivity index is 0.00000338. The van der Waals surface area contributed by atoms with Gasteiger partial charge >= 0.3 is 0 Å². The van der Waals surface area contributed by atoms with Crippen molar-refractivity contribution in [3.05, 3.63) is 35.4 Å². The Kier molecular flexibility index (Phi) is 11.3. The number of hydrogen-bond acceptors (Lipinski definition) is 3. The minimum absolute atomic E-state index is 0. The average Bonchev–Trinajstić information content (AvgIpc) is 3.01. The Bertz CT molecular complexity index is 580. The quantitative estimate of drug-likeness (QED) is 0.250. The van der Waals surface area contributed by atoms with Crippen LogP contribution in [0.2, 0.25) is 0 Å². The van der Waals surface area contributed by atoms with Crippen LogP contribution in [0.15, 0.2) is 29.3 Å². The molecule has 1 aromatic carbocycles. The fourth-order valence-electron chi connectivity index (χ4n) is 2.85. The molecule has 0 saturated carbocycles. The second-order valence-corrected chi connectivity index (χ2v) is 6.21. The van der Waals surface area contributed by atoms with E-state index in [-0.39, 0.29) is 29.9 Å². The molecule has 0 unspecified atom stereocenters. The Hall–Kier alpha value is -1.35. The van der Waals surface area contributed by atoms with Crippen LogP contribution in [0.4, 0.5) is 0 Å². The highest BCUT2D eigenvalue weighted by Crippen LogP contribution is 2.15. The first-order valence-corrected chi connectivity index (χ1v) is 9.09. The van der Waals surface area contributed by atoms with Crippen LogP contribution in [0.25, 0.3) is 0 Å². The predicted molar refractivity (Wildman–Crippen MR) is 116 cm³/mol. The summed E-state index contributed by atoms with van der Waals surface area (Å²) in [5.74, 6) is 1.08. The van der Waals surface area contributed by atoms with E-state index in [1.807, 2.05) is 11.0 Å². The van der Waals surface area contributed by atoms with E-state index >= 15 is 0 Å². The van der Waals surface area contributed by atoms with E-state index in [9.17, 15) is 4.79 Å². The number of carbonyl (C=O) groups is 1. The number of guanidine groups is 1. The maximum absolute atomic E-state index is 11.8. The van der Waals surface area contributed by atoms with Crippen LogP contribution in [-0.2, 0) is 22.6 Å². The molecule has 6 nitrogen and oxygen atoms in total. The topological polar surface area (TPSA) is 66.0 Å². The number of nitrogens with one attached hydrogen (secondary N) is 2. The third kappa shape index (κ3) is 7.90. The van der Waals surface area contributed by atoms with E-state index in [0.29, 0.717) is 19.5 Å². The van der Waals surface area contributed by atoms with Crippen molar-refractivity contribution in [1.29, 1.82) is 0 Å². The van der Waals surface area contributed by atoms with Crippen LogP contribution >= 0.6 is 24.0 Å². The summed E-state index contributed by atoms with van der Waals surface area (Å²) in [6.45, 7) is 6.64. The lowest BCUT2D eigenvalue weighted by Gasteiger charge is -2.16. The molecule has 0 radical (unpaired) electrons. The SMILES string of the molecule is CCNC(=NCc1cccc(CN2CCCC2=O)c1)NCCCOC.I. The summed E-state index contributed by atoms with van der Waals surface area (Å²) >= 11 is 0. The summed E-state index contributed by atoms with van der Waals surface area (Å²) in [6.07, 6.45) is 2.61. The van der Waals surface area contributed by atoms with Gasteiger partial charge in [-0.3, -0.25) is 4.79 Å². The number of hydrogen-bond donors (Lipinski definition) is 2. The number of benzene rings is 1. The second-order valence-electron chi connectivity index (χ2n) is 6.21. The van der Waals surface area contributed by atoms with Gasteiger partial charge in [0.1, 0.15) is 0 Å². The molecule has 0 atom stereocenters. The fourth-order valence-corrected chi connectivity index (χ4v) is 2.85. The van der Waals surface area contributed by atoms with Gasteiger partial charge < -0.3 is 20.3 Å². The molecule has 0 spiro atoms. The number of carbonyl (C=O) groups excluding carboxylic acids is 1. The molecule has 1 saturated heterocycles. The van der Waals surface area contributed by atoms with Crippen molar-refractivity contribution in [3.63, 3.8) is 0 Å². The van der Waals surface area contributed by atoms with E-state index in [1.165, 1.54) is 5.56 Å². The van der Waals surface area contributed by atoms with Crippen molar-refractivity contribution in [2.24, 2.45) is 4.99 Å². The second kappa shape index (κ2) is 12.9.